The minimum Gasteiger partial charge on any atom is -0.377 e. The van der Waals surface area contributed by atoms with Crippen molar-refractivity contribution in [2.75, 3.05) is 19.8 Å². The molecule has 1 saturated heterocycles. The third-order valence-corrected chi connectivity index (χ3v) is 3.77. The maximum Gasteiger partial charge on any atom is 0.224 e. The van der Waals surface area contributed by atoms with Crippen molar-refractivity contribution < 1.29 is 9.53 Å². The highest BCUT2D eigenvalue weighted by Gasteiger charge is 2.38. The van der Waals surface area contributed by atoms with E-state index in [1.807, 2.05) is 11.0 Å². The molecular formula is C14H18N2O2. The average Bonchev–Trinajstić information content (AvgIpc) is 2.36. The van der Waals surface area contributed by atoms with Crippen molar-refractivity contribution in [2.45, 2.75) is 24.9 Å². The summed E-state index contributed by atoms with van der Waals surface area (Å²) in [6.07, 6.45) is 1.34. The molecule has 0 saturated carbocycles. The standard InChI is InChI=1S/C14H18N2O2/c15-14(9-18-10-14)7-13(17)16-6-5-11-3-1-2-4-12(11)8-16/h1-4H,5-10,15H2. The van der Waals surface area contributed by atoms with E-state index in [1.165, 1.54) is 11.1 Å². The molecule has 4 heteroatoms. The van der Waals surface area contributed by atoms with Crippen molar-refractivity contribution in [1.82, 2.24) is 4.90 Å². The van der Waals surface area contributed by atoms with Gasteiger partial charge in [0.05, 0.1) is 18.8 Å². The SMILES string of the molecule is NC1(CC(=O)N2CCc3ccccc3C2)COC1. The van der Waals surface area contributed by atoms with Gasteiger partial charge in [-0.2, -0.15) is 0 Å². The zero-order valence-corrected chi connectivity index (χ0v) is 10.4. The molecule has 0 unspecified atom stereocenters. The summed E-state index contributed by atoms with van der Waals surface area (Å²) in [6, 6.07) is 8.31. The first-order valence-corrected chi connectivity index (χ1v) is 6.37. The van der Waals surface area contributed by atoms with Crippen LogP contribution in [-0.4, -0.2) is 36.1 Å². The monoisotopic (exact) mass is 246 g/mol. The molecule has 2 aliphatic rings. The number of rotatable bonds is 2. The van der Waals surface area contributed by atoms with E-state index in [0.29, 0.717) is 26.2 Å². The Kier molecular flexibility index (Phi) is 2.84. The first-order valence-electron chi connectivity index (χ1n) is 6.37. The van der Waals surface area contributed by atoms with Gasteiger partial charge in [-0.05, 0) is 17.5 Å². The number of hydrogen-bond acceptors (Lipinski definition) is 3. The minimum absolute atomic E-state index is 0.148. The van der Waals surface area contributed by atoms with Crippen molar-refractivity contribution in [3.8, 4) is 0 Å². The molecule has 1 aromatic rings. The summed E-state index contributed by atoms with van der Waals surface area (Å²) in [6.45, 7) is 2.52. The van der Waals surface area contributed by atoms with Crippen molar-refractivity contribution in [3.05, 3.63) is 35.4 Å². The third-order valence-electron chi connectivity index (χ3n) is 3.77. The summed E-state index contributed by atoms with van der Waals surface area (Å²) in [5.74, 6) is 0.148. The molecule has 4 nitrogen and oxygen atoms in total. The van der Waals surface area contributed by atoms with Gasteiger partial charge in [0.2, 0.25) is 5.91 Å². The number of ether oxygens (including phenoxy) is 1. The van der Waals surface area contributed by atoms with Crippen LogP contribution in [0.2, 0.25) is 0 Å². The lowest BCUT2D eigenvalue weighted by atomic mass is 9.92. The molecule has 0 radical (unpaired) electrons. The summed E-state index contributed by atoms with van der Waals surface area (Å²) < 4.78 is 5.09. The van der Waals surface area contributed by atoms with Gasteiger partial charge in [-0.1, -0.05) is 24.3 Å². The number of nitrogens with zero attached hydrogens (tertiary/aromatic N) is 1. The Labute approximate surface area is 107 Å². The van der Waals surface area contributed by atoms with Crippen LogP contribution in [0.4, 0.5) is 0 Å². The molecule has 96 valence electrons. The lowest BCUT2D eigenvalue weighted by Gasteiger charge is -2.39. The number of fused-ring (bicyclic) bond motifs is 1. The number of hydrogen-bond donors (Lipinski definition) is 1. The van der Waals surface area contributed by atoms with Gasteiger partial charge in [0.25, 0.3) is 0 Å². The molecule has 0 atom stereocenters. The molecular weight excluding hydrogens is 228 g/mol. The van der Waals surface area contributed by atoms with Gasteiger partial charge in [0.1, 0.15) is 0 Å². The van der Waals surface area contributed by atoms with E-state index >= 15 is 0 Å². The van der Waals surface area contributed by atoms with Gasteiger partial charge in [0.15, 0.2) is 0 Å². The van der Waals surface area contributed by atoms with E-state index in [0.717, 1.165) is 13.0 Å². The Morgan fingerprint density at radius 2 is 2.06 bits per heavy atom. The van der Waals surface area contributed by atoms with Crippen LogP contribution in [0.1, 0.15) is 17.5 Å². The Balaban J connectivity index is 1.66. The summed E-state index contributed by atoms with van der Waals surface area (Å²) >= 11 is 0. The molecule has 2 N–H and O–H groups in total. The van der Waals surface area contributed by atoms with Gasteiger partial charge >= 0.3 is 0 Å². The quantitative estimate of drug-likeness (QED) is 0.835. The summed E-state index contributed by atoms with van der Waals surface area (Å²) in [5.41, 5.74) is 8.22. The molecule has 0 bridgehead atoms. The second-order valence-corrected chi connectivity index (χ2v) is 5.37. The van der Waals surface area contributed by atoms with E-state index in [1.54, 1.807) is 0 Å². The maximum atomic E-state index is 12.2. The van der Waals surface area contributed by atoms with E-state index in [2.05, 4.69) is 18.2 Å². The molecule has 2 heterocycles. The van der Waals surface area contributed by atoms with Crippen LogP contribution in [-0.2, 0) is 22.5 Å². The van der Waals surface area contributed by atoms with E-state index < -0.39 is 5.54 Å². The highest BCUT2D eigenvalue weighted by atomic mass is 16.5. The summed E-state index contributed by atoms with van der Waals surface area (Å²) in [5, 5.41) is 0. The minimum atomic E-state index is -0.423. The van der Waals surface area contributed by atoms with E-state index in [-0.39, 0.29) is 5.91 Å². The maximum absolute atomic E-state index is 12.2. The second-order valence-electron chi connectivity index (χ2n) is 5.37. The largest absolute Gasteiger partial charge is 0.377 e. The summed E-state index contributed by atoms with van der Waals surface area (Å²) in [4.78, 5) is 14.1. The molecule has 1 aromatic carbocycles. The number of carbonyl (C=O) groups is 1. The van der Waals surface area contributed by atoms with E-state index in [9.17, 15) is 4.79 Å². The first-order chi connectivity index (χ1) is 8.66. The van der Waals surface area contributed by atoms with Crippen LogP contribution in [0, 0.1) is 0 Å². The van der Waals surface area contributed by atoms with Crippen LogP contribution < -0.4 is 5.73 Å². The van der Waals surface area contributed by atoms with Crippen LogP contribution in [0.15, 0.2) is 24.3 Å². The lowest BCUT2D eigenvalue weighted by molar-refractivity contribution is -0.139. The van der Waals surface area contributed by atoms with Crippen molar-refractivity contribution in [3.63, 3.8) is 0 Å². The first kappa shape index (κ1) is 11.7. The average molecular weight is 246 g/mol. The molecule has 3 rings (SSSR count). The molecule has 2 aliphatic heterocycles. The fourth-order valence-electron chi connectivity index (χ4n) is 2.59. The van der Waals surface area contributed by atoms with Crippen molar-refractivity contribution in [2.24, 2.45) is 5.73 Å². The Hall–Kier alpha value is -1.39. The van der Waals surface area contributed by atoms with Crippen LogP contribution in [0.25, 0.3) is 0 Å². The highest BCUT2D eigenvalue weighted by Crippen LogP contribution is 2.23. The third kappa shape index (κ3) is 2.13. The molecule has 0 aromatic heterocycles. The molecule has 0 spiro atoms. The van der Waals surface area contributed by atoms with Gasteiger partial charge < -0.3 is 15.4 Å². The fraction of sp³-hybridized carbons (Fsp3) is 0.500. The van der Waals surface area contributed by atoms with Crippen molar-refractivity contribution in [1.29, 1.82) is 0 Å². The number of amides is 1. The van der Waals surface area contributed by atoms with E-state index in [4.69, 9.17) is 10.5 Å². The molecule has 18 heavy (non-hydrogen) atoms. The van der Waals surface area contributed by atoms with Crippen molar-refractivity contribution >= 4 is 5.91 Å². The second kappa shape index (κ2) is 4.37. The predicted molar refractivity (Wildman–Crippen MR) is 67.9 cm³/mol. The van der Waals surface area contributed by atoms with Gasteiger partial charge in [-0.3, -0.25) is 4.79 Å². The van der Waals surface area contributed by atoms with Crippen LogP contribution in [0.5, 0.6) is 0 Å². The molecule has 1 amide bonds. The number of benzene rings is 1. The number of carbonyl (C=O) groups excluding carboxylic acids is 1. The predicted octanol–water partition coefficient (Wildman–Crippen LogP) is 0.689. The molecule has 1 fully saturated rings. The van der Waals surface area contributed by atoms with Gasteiger partial charge in [-0.15, -0.1) is 0 Å². The topological polar surface area (TPSA) is 55.6 Å². The normalized spacial score (nSPS) is 21.1. The van der Waals surface area contributed by atoms with Crippen LogP contribution >= 0.6 is 0 Å². The fourth-order valence-corrected chi connectivity index (χ4v) is 2.59. The lowest BCUT2D eigenvalue weighted by Crippen LogP contribution is -2.59. The Bertz CT molecular complexity index is 469. The number of nitrogens with two attached hydrogens (primary N) is 1. The van der Waals surface area contributed by atoms with Crippen LogP contribution in [0.3, 0.4) is 0 Å². The highest BCUT2D eigenvalue weighted by molar-refractivity contribution is 5.78. The summed E-state index contributed by atoms with van der Waals surface area (Å²) in [7, 11) is 0. The Morgan fingerprint density at radius 3 is 2.72 bits per heavy atom. The Morgan fingerprint density at radius 1 is 1.33 bits per heavy atom. The van der Waals surface area contributed by atoms with Gasteiger partial charge in [-0.25, -0.2) is 0 Å². The smallest absolute Gasteiger partial charge is 0.224 e. The molecule has 0 aliphatic carbocycles. The van der Waals surface area contributed by atoms with Gasteiger partial charge in [0, 0.05) is 19.5 Å². The zero-order valence-electron chi connectivity index (χ0n) is 10.4. The zero-order chi connectivity index (χ0) is 12.6.